The fourth-order valence-electron chi connectivity index (χ4n) is 3.15. The fourth-order valence-corrected chi connectivity index (χ4v) is 3.15. The monoisotopic (exact) mass is 363 g/mol. The minimum absolute atomic E-state index is 0.0369. The molecule has 1 aromatic rings. The minimum atomic E-state index is -0.337. The summed E-state index contributed by atoms with van der Waals surface area (Å²) in [4.78, 5) is 40.7. The minimum Gasteiger partial charge on any atom is -0.459 e. The Balaban J connectivity index is 1.98. The Morgan fingerprint density at radius 3 is 2.65 bits per heavy atom. The smallest absolute Gasteiger partial charge is 0.289 e. The number of nitrogens with zero attached hydrogens (tertiary/aromatic N) is 2. The molecule has 7 nitrogen and oxygen atoms in total. The summed E-state index contributed by atoms with van der Waals surface area (Å²) < 4.78 is 5.17. The number of likely N-dealkylation sites (N-methyl/N-ethyl adjacent to an activating group) is 1. The topological polar surface area (TPSA) is 82.9 Å². The van der Waals surface area contributed by atoms with Gasteiger partial charge in [0, 0.05) is 25.2 Å². The fraction of sp³-hybridized carbons (Fsp3) is 0.632. The van der Waals surface area contributed by atoms with E-state index in [0.717, 1.165) is 12.8 Å². The van der Waals surface area contributed by atoms with Crippen LogP contribution < -0.4 is 5.32 Å². The number of amides is 3. The van der Waals surface area contributed by atoms with Gasteiger partial charge in [-0.3, -0.25) is 14.4 Å². The van der Waals surface area contributed by atoms with Gasteiger partial charge in [-0.2, -0.15) is 0 Å². The van der Waals surface area contributed by atoms with E-state index in [-0.39, 0.29) is 41.5 Å². The lowest BCUT2D eigenvalue weighted by atomic mass is 9.96. The van der Waals surface area contributed by atoms with Gasteiger partial charge in [0.25, 0.3) is 5.91 Å². The van der Waals surface area contributed by atoms with Crippen molar-refractivity contribution in [3.05, 3.63) is 24.2 Å². The first-order valence-electron chi connectivity index (χ1n) is 9.14. The predicted molar refractivity (Wildman–Crippen MR) is 97.5 cm³/mol. The molecule has 26 heavy (non-hydrogen) atoms. The maximum Gasteiger partial charge on any atom is 0.289 e. The van der Waals surface area contributed by atoms with E-state index in [4.69, 9.17) is 4.42 Å². The molecule has 1 atom stereocenters. The molecule has 1 saturated heterocycles. The number of furan rings is 1. The molecule has 1 N–H and O–H groups in total. The summed E-state index contributed by atoms with van der Waals surface area (Å²) in [5.74, 6) is -0.443. The molecule has 1 fully saturated rings. The summed E-state index contributed by atoms with van der Waals surface area (Å²) in [5, 5.41) is 2.88. The third-order valence-corrected chi connectivity index (χ3v) is 4.33. The van der Waals surface area contributed by atoms with Crippen LogP contribution in [0.2, 0.25) is 0 Å². The van der Waals surface area contributed by atoms with Gasteiger partial charge in [0.05, 0.1) is 18.7 Å². The number of carbonyl (C=O) groups excluding carboxylic acids is 3. The Morgan fingerprint density at radius 1 is 1.35 bits per heavy atom. The lowest BCUT2D eigenvalue weighted by molar-refractivity contribution is -0.140. The molecule has 7 heteroatoms. The highest BCUT2D eigenvalue weighted by Gasteiger charge is 2.32. The SMILES string of the molecule is CCN(CC(=O)NC(C)(C)C)C(=O)[C@@H]1CCCN(C(=O)c2ccco2)C1. The lowest BCUT2D eigenvalue weighted by Gasteiger charge is -2.34. The number of carbonyl (C=O) groups is 3. The van der Waals surface area contributed by atoms with Crippen LogP contribution in [0.4, 0.5) is 0 Å². The molecule has 1 aliphatic rings. The maximum atomic E-state index is 12.9. The van der Waals surface area contributed by atoms with Gasteiger partial charge in [-0.1, -0.05) is 0 Å². The molecule has 1 aromatic heterocycles. The zero-order valence-corrected chi connectivity index (χ0v) is 16.1. The largest absolute Gasteiger partial charge is 0.459 e. The molecule has 0 bridgehead atoms. The maximum absolute atomic E-state index is 12.9. The van der Waals surface area contributed by atoms with Crippen LogP contribution in [-0.4, -0.2) is 59.2 Å². The highest BCUT2D eigenvalue weighted by Crippen LogP contribution is 2.21. The van der Waals surface area contributed by atoms with E-state index >= 15 is 0 Å². The van der Waals surface area contributed by atoms with E-state index in [9.17, 15) is 14.4 Å². The summed E-state index contributed by atoms with van der Waals surface area (Å²) in [7, 11) is 0. The van der Waals surface area contributed by atoms with Gasteiger partial charge in [0.15, 0.2) is 5.76 Å². The van der Waals surface area contributed by atoms with E-state index in [0.29, 0.717) is 19.6 Å². The molecule has 0 unspecified atom stereocenters. The van der Waals surface area contributed by atoms with E-state index < -0.39 is 0 Å². The van der Waals surface area contributed by atoms with Crippen LogP contribution in [0.15, 0.2) is 22.8 Å². The summed E-state index contributed by atoms with van der Waals surface area (Å²) in [6.45, 7) is 9.04. The highest BCUT2D eigenvalue weighted by molar-refractivity contribution is 5.92. The van der Waals surface area contributed by atoms with Crippen molar-refractivity contribution in [2.75, 3.05) is 26.2 Å². The van der Waals surface area contributed by atoms with Gasteiger partial charge in [-0.25, -0.2) is 0 Å². The lowest BCUT2D eigenvalue weighted by Crippen LogP contribution is -2.51. The predicted octanol–water partition coefficient (Wildman–Crippen LogP) is 1.89. The van der Waals surface area contributed by atoms with Crippen molar-refractivity contribution >= 4 is 17.7 Å². The second-order valence-electron chi connectivity index (χ2n) is 7.72. The molecular weight excluding hydrogens is 334 g/mol. The van der Waals surface area contributed by atoms with Crippen LogP contribution in [0.1, 0.15) is 51.1 Å². The zero-order valence-electron chi connectivity index (χ0n) is 16.1. The number of likely N-dealkylation sites (tertiary alicyclic amines) is 1. The summed E-state index contributed by atoms with van der Waals surface area (Å²) in [5.41, 5.74) is -0.337. The molecule has 0 radical (unpaired) electrons. The average molecular weight is 363 g/mol. The third-order valence-electron chi connectivity index (χ3n) is 4.33. The first kappa shape index (κ1) is 20.0. The standard InChI is InChI=1S/C19H29N3O4/c1-5-21(13-16(23)20-19(2,3)4)17(24)14-8-6-10-22(12-14)18(25)15-9-7-11-26-15/h7,9,11,14H,5-6,8,10,12-13H2,1-4H3,(H,20,23)/t14-/m1/s1. The number of piperidine rings is 1. The van der Waals surface area contributed by atoms with Crippen LogP contribution in [0, 0.1) is 5.92 Å². The number of hydrogen-bond donors (Lipinski definition) is 1. The van der Waals surface area contributed by atoms with Crippen molar-refractivity contribution in [2.24, 2.45) is 5.92 Å². The van der Waals surface area contributed by atoms with Crippen molar-refractivity contribution < 1.29 is 18.8 Å². The zero-order chi connectivity index (χ0) is 19.3. The summed E-state index contributed by atoms with van der Waals surface area (Å²) >= 11 is 0. The summed E-state index contributed by atoms with van der Waals surface area (Å²) in [6.07, 6.45) is 2.94. The van der Waals surface area contributed by atoms with Crippen molar-refractivity contribution in [1.82, 2.24) is 15.1 Å². The van der Waals surface area contributed by atoms with Gasteiger partial charge in [0.2, 0.25) is 11.8 Å². The second-order valence-corrected chi connectivity index (χ2v) is 7.72. The Labute approximate surface area is 154 Å². The van der Waals surface area contributed by atoms with E-state index in [2.05, 4.69) is 5.32 Å². The molecule has 0 aliphatic carbocycles. The Hall–Kier alpha value is -2.31. The van der Waals surface area contributed by atoms with Crippen molar-refractivity contribution in [2.45, 2.75) is 46.1 Å². The molecule has 1 aliphatic heterocycles. The Bertz CT molecular complexity index is 634. The van der Waals surface area contributed by atoms with E-state index in [1.807, 2.05) is 27.7 Å². The van der Waals surface area contributed by atoms with Crippen molar-refractivity contribution in [3.8, 4) is 0 Å². The Morgan fingerprint density at radius 2 is 2.08 bits per heavy atom. The normalized spacial score (nSPS) is 17.7. The molecular formula is C19H29N3O4. The van der Waals surface area contributed by atoms with Crippen molar-refractivity contribution in [1.29, 1.82) is 0 Å². The summed E-state index contributed by atoms with van der Waals surface area (Å²) in [6, 6.07) is 3.30. The van der Waals surface area contributed by atoms with Gasteiger partial charge in [-0.15, -0.1) is 0 Å². The molecule has 3 amide bonds. The second kappa shape index (κ2) is 8.38. The van der Waals surface area contributed by atoms with Crippen LogP contribution in [0.3, 0.4) is 0 Å². The van der Waals surface area contributed by atoms with Gasteiger partial charge >= 0.3 is 0 Å². The molecule has 2 heterocycles. The molecule has 0 aromatic carbocycles. The van der Waals surface area contributed by atoms with Crippen molar-refractivity contribution in [3.63, 3.8) is 0 Å². The quantitative estimate of drug-likeness (QED) is 0.866. The number of hydrogen-bond acceptors (Lipinski definition) is 4. The van der Waals surface area contributed by atoms with Crippen LogP contribution in [0.5, 0.6) is 0 Å². The molecule has 2 rings (SSSR count). The third kappa shape index (κ3) is 5.34. The van der Waals surface area contributed by atoms with Crippen LogP contribution in [-0.2, 0) is 9.59 Å². The number of rotatable bonds is 5. The van der Waals surface area contributed by atoms with Gasteiger partial charge < -0.3 is 19.5 Å². The van der Waals surface area contributed by atoms with Crippen LogP contribution >= 0.6 is 0 Å². The van der Waals surface area contributed by atoms with E-state index in [1.165, 1.54) is 6.26 Å². The first-order valence-corrected chi connectivity index (χ1v) is 9.14. The molecule has 0 spiro atoms. The van der Waals surface area contributed by atoms with Gasteiger partial charge in [-0.05, 0) is 52.7 Å². The Kier molecular flexibility index (Phi) is 6.45. The van der Waals surface area contributed by atoms with Gasteiger partial charge in [0.1, 0.15) is 0 Å². The number of nitrogens with one attached hydrogen (secondary N) is 1. The molecule has 144 valence electrons. The van der Waals surface area contributed by atoms with E-state index in [1.54, 1.807) is 21.9 Å². The molecule has 0 saturated carbocycles. The average Bonchev–Trinajstić information content (AvgIpc) is 3.11. The first-order chi connectivity index (χ1) is 12.2. The highest BCUT2D eigenvalue weighted by atomic mass is 16.3. The van der Waals surface area contributed by atoms with Crippen LogP contribution in [0.25, 0.3) is 0 Å².